The maximum absolute atomic E-state index is 11.2. The highest BCUT2D eigenvalue weighted by Crippen LogP contribution is 2.05. The number of aromatic nitrogens is 2. The van der Waals surface area contributed by atoms with Crippen LogP contribution in [0, 0.1) is 0 Å². The number of halogens is 1. The Morgan fingerprint density at radius 1 is 1.56 bits per heavy atom. The van der Waals surface area contributed by atoms with Crippen LogP contribution in [0.2, 0.25) is 5.15 Å². The van der Waals surface area contributed by atoms with E-state index in [4.69, 9.17) is 16.3 Å². The van der Waals surface area contributed by atoms with Gasteiger partial charge < -0.3 is 4.74 Å². The van der Waals surface area contributed by atoms with Crippen molar-refractivity contribution in [2.45, 2.75) is 13.8 Å². The SMILES string of the molecule is CCOC(=O)C(C)=NNc1ccc(Cl)nn1. The summed E-state index contributed by atoms with van der Waals surface area (Å²) in [6.45, 7) is 3.57. The quantitative estimate of drug-likeness (QED) is 0.492. The molecule has 1 aromatic heterocycles. The van der Waals surface area contributed by atoms with E-state index in [-0.39, 0.29) is 10.9 Å². The number of esters is 1. The maximum atomic E-state index is 11.2. The Morgan fingerprint density at radius 2 is 2.31 bits per heavy atom. The van der Waals surface area contributed by atoms with E-state index >= 15 is 0 Å². The number of hydrogen-bond acceptors (Lipinski definition) is 6. The lowest BCUT2D eigenvalue weighted by Gasteiger charge is -2.01. The van der Waals surface area contributed by atoms with E-state index in [0.717, 1.165) is 0 Å². The lowest BCUT2D eigenvalue weighted by molar-refractivity contribution is -0.135. The van der Waals surface area contributed by atoms with Crippen LogP contribution < -0.4 is 5.43 Å². The average Bonchev–Trinajstić information content (AvgIpc) is 2.28. The topological polar surface area (TPSA) is 76.5 Å². The number of nitrogens with one attached hydrogen (secondary N) is 1. The van der Waals surface area contributed by atoms with Gasteiger partial charge in [-0.15, -0.1) is 10.2 Å². The summed E-state index contributed by atoms with van der Waals surface area (Å²) in [7, 11) is 0. The number of anilines is 1. The summed E-state index contributed by atoms with van der Waals surface area (Å²) < 4.78 is 4.74. The summed E-state index contributed by atoms with van der Waals surface area (Å²) in [4.78, 5) is 11.2. The van der Waals surface area contributed by atoms with Crippen LogP contribution in [-0.2, 0) is 9.53 Å². The van der Waals surface area contributed by atoms with Gasteiger partial charge in [-0.1, -0.05) is 11.6 Å². The number of rotatable bonds is 4. The van der Waals surface area contributed by atoms with Gasteiger partial charge in [-0.3, -0.25) is 5.43 Å². The minimum Gasteiger partial charge on any atom is -0.461 e. The second-order valence-corrected chi connectivity index (χ2v) is 3.16. The van der Waals surface area contributed by atoms with Crippen molar-refractivity contribution in [3.8, 4) is 0 Å². The molecular weight excluding hydrogens is 232 g/mol. The van der Waals surface area contributed by atoms with E-state index in [0.29, 0.717) is 12.4 Å². The highest BCUT2D eigenvalue weighted by molar-refractivity contribution is 6.35. The molecule has 1 rings (SSSR count). The fourth-order valence-electron chi connectivity index (χ4n) is 0.798. The van der Waals surface area contributed by atoms with Crippen LogP contribution in [0.1, 0.15) is 13.8 Å². The molecule has 1 aromatic rings. The van der Waals surface area contributed by atoms with Gasteiger partial charge in [0.1, 0.15) is 5.71 Å². The van der Waals surface area contributed by atoms with Crippen molar-refractivity contribution in [1.29, 1.82) is 0 Å². The molecule has 86 valence electrons. The molecule has 0 aliphatic rings. The van der Waals surface area contributed by atoms with Crippen LogP contribution in [0.25, 0.3) is 0 Å². The summed E-state index contributed by atoms with van der Waals surface area (Å²) in [5.41, 5.74) is 2.77. The summed E-state index contributed by atoms with van der Waals surface area (Å²) in [5, 5.41) is 11.4. The fourth-order valence-corrected chi connectivity index (χ4v) is 0.899. The van der Waals surface area contributed by atoms with E-state index in [2.05, 4.69) is 20.7 Å². The highest BCUT2D eigenvalue weighted by Gasteiger charge is 2.05. The predicted octanol–water partition coefficient (Wildman–Crippen LogP) is 1.48. The number of carbonyl (C=O) groups excluding carboxylic acids is 1. The standard InChI is InChI=1S/C9H11ClN4O2/c1-3-16-9(15)6(2)11-13-8-5-4-7(10)12-14-8/h4-5H,3H2,1-2H3,(H,13,14). The van der Waals surface area contributed by atoms with Gasteiger partial charge in [-0.2, -0.15) is 5.10 Å². The summed E-state index contributed by atoms with van der Waals surface area (Å²) in [5.74, 6) is -0.0787. The first kappa shape index (κ1) is 12.4. The number of ether oxygens (including phenoxy) is 1. The monoisotopic (exact) mass is 242 g/mol. The van der Waals surface area contributed by atoms with E-state index < -0.39 is 5.97 Å². The molecule has 0 aliphatic heterocycles. The van der Waals surface area contributed by atoms with Crippen LogP contribution in [0.5, 0.6) is 0 Å². The third-order valence-corrected chi connectivity index (χ3v) is 1.74. The van der Waals surface area contributed by atoms with Gasteiger partial charge >= 0.3 is 5.97 Å². The van der Waals surface area contributed by atoms with Crippen molar-refractivity contribution in [2.75, 3.05) is 12.0 Å². The molecule has 0 amide bonds. The average molecular weight is 243 g/mol. The molecule has 0 atom stereocenters. The van der Waals surface area contributed by atoms with Crippen LogP contribution >= 0.6 is 11.6 Å². The van der Waals surface area contributed by atoms with Crippen molar-refractivity contribution >= 4 is 29.1 Å². The zero-order valence-electron chi connectivity index (χ0n) is 8.90. The number of hydrazone groups is 1. The molecule has 0 saturated carbocycles. The fraction of sp³-hybridized carbons (Fsp3) is 0.333. The summed E-state index contributed by atoms with van der Waals surface area (Å²) in [6, 6.07) is 3.16. The Labute approximate surface area is 97.7 Å². The predicted molar refractivity (Wildman–Crippen MR) is 60.4 cm³/mol. The van der Waals surface area contributed by atoms with E-state index in [1.807, 2.05) is 0 Å². The van der Waals surface area contributed by atoms with Gasteiger partial charge in [0.25, 0.3) is 0 Å². The van der Waals surface area contributed by atoms with E-state index in [9.17, 15) is 4.79 Å². The molecule has 6 nitrogen and oxygen atoms in total. The number of hydrogen-bond donors (Lipinski definition) is 1. The molecule has 7 heteroatoms. The highest BCUT2D eigenvalue weighted by atomic mass is 35.5. The van der Waals surface area contributed by atoms with Crippen LogP contribution in [0.15, 0.2) is 17.2 Å². The van der Waals surface area contributed by atoms with Gasteiger partial charge in [0.15, 0.2) is 11.0 Å². The summed E-state index contributed by atoms with van der Waals surface area (Å²) >= 11 is 5.55. The van der Waals surface area contributed by atoms with Crippen molar-refractivity contribution in [2.24, 2.45) is 5.10 Å². The zero-order valence-corrected chi connectivity index (χ0v) is 9.65. The minimum absolute atomic E-state index is 0.207. The molecule has 0 aromatic carbocycles. The molecule has 0 saturated heterocycles. The van der Waals surface area contributed by atoms with Gasteiger partial charge in [-0.05, 0) is 26.0 Å². The normalized spacial score (nSPS) is 11.1. The first-order valence-corrected chi connectivity index (χ1v) is 4.98. The minimum atomic E-state index is -0.475. The Bertz CT molecular complexity index is 391. The molecule has 0 aliphatic carbocycles. The smallest absolute Gasteiger partial charge is 0.354 e. The third kappa shape index (κ3) is 3.82. The van der Waals surface area contributed by atoms with Crippen molar-refractivity contribution in [3.63, 3.8) is 0 Å². The second-order valence-electron chi connectivity index (χ2n) is 2.77. The zero-order chi connectivity index (χ0) is 12.0. The van der Waals surface area contributed by atoms with Crippen LogP contribution in [0.3, 0.4) is 0 Å². The Kier molecular flexibility index (Phi) is 4.65. The first-order chi connectivity index (χ1) is 7.63. The van der Waals surface area contributed by atoms with Gasteiger partial charge in [0.2, 0.25) is 0 Å². The largest absolute Gasteiger partial charge is 0.461 e. The van der Waals surface area contributed by atoms with Gasteiger partial charge in [0.05, 0.1) is 6.61 Å². The van der Waals surface area contributed by atoms with E-state index in [1.54, 1.807) is 19.1 Å². The summed E-state index contributed by atoms with van der Waals surface area (Å²) in [6.07, 6.45) is 0. The molecule has 1 heterocycles. The van der Waals surface area contributed by atoms with Crippen molar-refractivity contribution in [1.82, 2.24) is 10.2 Å². The third-order valence-electron chi connectivity index (χ3n) is 1.54. The Hall–Kier alpha value is -1.69. The first-order valence-electron chi connectivity index (χ1n) is 4.60. The Balaban J connectivity index is 2.58. The lowest BCUT2D eigenvalue weighted by atomic mass is 10.4. The van der Waals surface area contributed by atoms with E-state index in [1.165, 1.54) is 6.92 Å². The number of nitrogens with zero attached hydrogens (tertiary/aromatic N) is 3. The molecule has 0 unspecified atom stereocenters. The maximum Gasteiger partial charge on any atom is 0.354 e. The molecule has 0 bridgehead atoms. The molecular formula is C9H11ClN4O2. The molecule has 0 spiro atoms. The molecule has 16 heavy (non-hydrogen) atoms. The molecule has 0 fully saturated rings. The molecule has 0 radical (unpaired) electrons. The van der Waals surface area contributed by atoms with Crippen LogP contribution in [0.4, 0.5) is 5.82 Å². The van der Waals surface area contributed by atoms with Gasteiger partial charge in [0, 0.05) is 0 Å². The second kappa shape index (κ2) is 6.02. The Morgan fingerprint density at radius 3 is 2.88 bits per heavy atom. The number of carbonyl (C=O) groups is 1. The van der Waals surface area contributed by atoms with Crippen LogP contribution in [-0.4, -0.2) is 28.5 Å². The van der Waals surface area contributed by atoms with Gasteiger partial charge in [-0.25, -0.2) is 4.79 Å². The van der Waals surface area contributed by atoms with Crippen molar-refractivity contribution < 1.29 is 9.53 Å². The lowest BCUT2D eigenvalue weighted by Crippen LogP contribution is -2.15. The van der Waals surface area contributed by atoms with Crippen molar-refractivity contribution in [3.05, 3.63) is 17.3 Å². The molecule has 1 N–H and O–H groups in total.